The lowest BCUT2D eigenvalue weighted by Crippen LogP contribution is -2.30. The highest BCUT2D eigenvalue weighted by atomic mass is 79.9. The van der Waals surface area contributed by atoms with Gasteiger partial charge < -0.3 is 4.90 Å². The Labute approximate surface area is 125 Å². The van der Waals surface area contributed by atoms with Crippen LogP contribution in [-0.2, 0) is 6.54 Å². The van der Waals surface area contributed by atoms with Crippen LogP contribution < -0.4 is 4.90 Å². The summed E-state index contributed by atoms with van der Waals surface area (Å²) in [7, 11) is 0. The number of hydrogen-bond donors (Lipinski definition) is 0. The molecule has 1 aromatic carbocycles. The van der Waals surface area contributed by atoms with Gasteiger partial charge in [-0.2, -0.15) is 5.10 Å². The molecule has 0 unspecified atom stereocenters. The standard InChI is InChI=1S/C14H15BrFN3O/c1-3-18(11-7-5-6-10(16)8-11)14(20)12-9-17-19(4-2)13(12)15/h5-9H,3-4H2,1-2H3. The van der Waals surface area contributed by atoms with Crippen LogP contribution in [0.25, 0.3) is 0 Å². The van der Waals surface area contributed by atoms with Gasteiger partial charge in [-0.15, -0.1) is 0 Å². The number of rotatable bonds is 4. The number of aryl methyl sites for hydroxylation is 1. The van der Waals surface area contributed by atoms with E-state index in [9.17, 15) is 9.18 Å². The maximum atomic E-state index is 13.3. The maximum absolute atomic E-state index is 13.3. The highest BCUT2D eigenvalue weighted by molar-refractivity contribution is 9.10. The first-order valence-electron chi connectivity index (χ1n) is 6.37. The molecule has 2 aromatic rings. The molecule has 4 nitrogen and oxygen atoms in total. The molecule has 0 aliphatic rings. The second-order valence-electron chi connectivity index (χ2n) is 4.19. The van der Waals surface area contributed by atoms with Crippen molar-refractivity contribution in [3.05, 3.63) is 46.4 Å². The van der Waals surface area contributed by atoms with Gasteiger partial charge in [0.15, 0.2) is 0 Å². The number of carbonyl (C=O) groups is 1. The van der Waals surface area contributed by atoms with Gasteiger partial charge in [0.1, 0.15) is 10.4 Å². The fraction of sp³-hybridized carbons (Fsp3) is 0.286. The summed E-state index contributed by atoms with van der Waals surface area (Å²) in [5.74, 6) is -0.568. The van der Waals surface area contributed by atoms with Crippen LogP contribution in [0.1, 0.15) is 24.2 Å². The van der Waals surface area contributed by atoms with Crippen LogP contribution in [0, 0.1) is 5.82 Å². The first kappa shape index (κ1) is 14.7. The largest absolute Gasteiger partial charge is 0.308 e. The zero-order valence-electron chi connectivity index (χ0n) is 11.3. The average Bonchev–Trinajstić information content (AvgIpc) is 2.80. The van der Waals surface area contributed by atoms with Gasteiger partial charge in [-0.05, 0) is 48.0 Å². The highest BCUT2D eigenvalue weighted by Crippen LogP contribution is 2.22. The van der Waals surface area contributed by atoms with Gasteiger partial charge in [-0.25, -0.2) is 4.39 Å². The van der Waals surface area contributed by atoms with Gasteiger partial charge in [-0.1, -0.05) is 6.07 Å². The zero-order valence-corrected chi connectivity index (χ0v) is 12.9. The molecule has 0 aliphatic heterocycles. The van der Waals surface area contributed by atoms with Crippen molar-refractivity contribution < 1.29 is 9.18 Å². The summed E-state index contributed by atoms with van der Waals surface area (Å²) in [5, 5.41) is 4.13. The Bertz CT molecular complexity index is 627. The number of amides is 1. The third-order valence-electron chi connectivity index (χ3n) is 2.99. The molecule has 6 heteroatoms. The van der Waals surface area contributed by atoms with Gasteiger partial charge in [0.05, 0.1) is 11.8 Å². The van der Waals surface area contributed by atoms with E-state index in [2.05, 4.69) is 21.0 Å². The first-order valence-corrected chi connectivity index (χ1v) is 7.16. The fourth-order valence-corrected chi connectivity index (χ4v) is 2.58. The topological polar surface area (TPSA) is 38.1 Å². The molecule has 1 heterocycles. The fourth-order valence-electron chi connectivity index (χ4n) is 1.97. The smallest absolute Gasteiger partial charge is 0.262 e. The molecule has 0 saturated heterocycles. The van der Waals surface area contributed by atoms with Crippen LogP contribution in [0.4, 0.5) is 10.1 Å². The molecular weight excluding hydrogens is 325 g/mol. The number of anilines is 1. The second kappa shape index (κ2) is 6.17. The lowest BCUT2D eigenvalue weighted by atomic mass is 10.2. The normalized spacial score (nSPS) is 10.6. The van der Waals surface area contributed by atoms with E-state index >= 15 is 0 Å². The molecule has 0 radical (unpaired) electrons. The van der Waals surface area contributed by atoms with E-state index in [0.717, 1.165) is 0 Å². The van der Waals surface area contributed by atoms with E-state index in [4.69, 9.17) is 0 Å². The van der Waals surface area contributed by atoms with E-state index in [1.165, 1.54) is 23.2 Å². The van der Waals surface area contributed by atoms with Crippen molar-refractivity contribution >= 4 is 27.5 Å². The molecule has 0 spiro atoms. The minimum absolute atomic E-state index is 0.204. The van der Waals surface area contributed by atoms with Gasteiger partial charge in [-0.3, -0.25) is 9.48 Å². The Morgan fingerprint density at radius 1 is 1.45 bits per heavy atom. The number of hydrogen-bond acceptors (Lipinski definition) is 2. The lowest BCUT2D eigenvalue weighted by Gasteiger charge is -2.20. The SMILES string of the molecule is CCN(C(=O)c1cnn(CC)c1Br)c1cccc(F)c1. The van der Waals surface area contributed by atoms with E-state index < -0.39 is 0 Å². The summed E-state index contributed by atoms with van der Waals surface area (Å²) in [6.07, 6.45) is 1.53. The molecule has 0 fully saturated rings. The number of aromatic nitrogens is 2. The Morgan fingerprint density at radius 3 is 2.75 bits per heavy atom. The van der Waals surface area contributed by atoms with Gasteiger partial charge in [0.2, 0.25) is 0 Å². The van der Waals surface area contributed by atoms with Crippen LogP contribution in [-0.4, -0.2) is 22.2 Å². The first-order chi connectivity index (χ1) is 9.58. The molecule has 0 bridgehead atoms. The summed E-state index contributed by atoms with van der Waals surface area (Å²) in [6, 6.07) is 6.00. The molecule has 1 aromatic heterocycles. The van der Waals surface area contributed by atoms with Crippen molar-refractivity contribution in [2.45, 2.75) is 20.4 Å². The average molecular weight is 340 g/mol. The molecule has 20 heavy (non-hydrogen) atoms. The van der Waals surface area contributed by atoms with Crippen molar-refractivity contribution in [2.75, 3.05) is 11.4 Å². The third-order valence-corrected chi connectivity index (χ3v) is 3.82. The van der Waals surface area contributed by atoms with Crippen LogP contribution in [0.15, 0.2) is 35.1 Å². The number of carbonyl (C=O) groups excluding carboxylic acids is 1. The predicted octanol–water partition coefficient (Wildman–Crippen LogP) is 3.47. The van der Waals surface area contributed by atoms with Crippen LogP contribution in [0.3, 0.4) is 0 Å². The van der Waals surface area contributed by atoms with E-state index in [-0.39, 0.29) is 11.7 Å². The minimum atomic E-state index is -0.364. The monoisotopic (exact) mass is 339 g/mol. The molecule has 0 aliphatic carbocycles. The lowest BCUT2D eigenvalue weighted by molar-refractivity contribution is 0.0987. The van der Waals surface area contributed by atoms with Crippen molar-refractivity contribution in [1.82, 2.24) is 9.78 Å². The molecule has 0 N–H and O–H groups in total. The van der Waals surface area contributed by atoms with Gasteiger partial charge >= 0.3 is 0 Å². The quantitative estimate of drug-likeness (QED) is 0.855. The van der Waals surface area contributed by atoms with E-state index in [0.29, 0.717) is 28.9 Å². The van der Waals surface area contributed by atoms with E-state index in [1.807, 2.05) is 13.8 Å². The van der Waals surface area contributed by atoms with Crippen LogP contribution in [0.5, 0.6) is 0 Å². The number of nitrogens with zero attached hydrogens (tertiary/aromatic N) is 3. The predicted molar refractivity (Wildman–Crippen MR) is 79.4 cm³/mol. The molecule has 2 rings (SSSR count). The number of halogens is 2. The molecule has 0 atom stereocenters. The maximum Gasteiger partial charge on any atom is 0.262 e. The van der Waals surface area contributed by atoms with Crippen molar-refractivity contribution in [1.29, 1.82) is 0 Å². The summed E-state index contributed by atoms with van der Waals surface area (Å²) in [4.78, 5) is 14.1. The Hall–Kier alpha value is -1.69. The van der Waals surface area contributed by atoms with Crippen LogP contribution >= 0.6 is 15.9 Å². The molecule has 106 valence electrons. The Morgan fingerprint density at radius 2 is 2.20 bits per heavy atom. The van der Waals surface area contributed by atoms with Crippen LogP contribution in [0.2, 0.25) is 0 Å². The van der Waals surface area contributed by atoms with E-state index in [1.54, 1.807) is 16.8 Å². The third kappa shape index (κ3) is 2.75. The van der Waals surface area contributed by atoms with Gasteiger partial charge in [0, 0.05) is 18.8 Å². The van der Waals surface area contributed by atoms with Crippen molar-refractivity contribution in [2.24, 2.45) is 0 Å². The Balaban J connectivity index is 2.36. The van der Waals surface area contributed by atoms with Gasteiger partial charge in [0.25, 0.3) is 5.91 Å². The highest BCUT2D eigenvalue weighted by Gasteiger charge is 2.21. The summed E-state index contributed by atoms with van der Waals surface area (Å²) >= 11 is 3.38. The molecule has 0 saturated carbocycles. The van der Waals surface area contributed by atoms with Crippen molar-refractivity contribution in [3.8, 4) is 0 Å². The number of benzene rings is 1. The van der Waals surface area contributed by atoms with Crippen molar-refractivity contribution in [3.63, 3.8) is 0 Å². The Kier molecular flexibility index (Phi) is 4.54. The molecule has 1 amide bonds. The zero-order chi connectivity index (χ0) is 14.7. The minimum Gasteiger partial charge on any atom is -0.308 e. The summed E-state index contributed by atoms with van der Waals surface area (Å²) in [5.41, 5.74) is 1.01. The molecular formula is C14H15BrFN3O. The second-order valence-corrected chi connectivity index (χ2v) is 4.95. The summed E-state index contributed by atoms with van der Waals surface area (Å²) < 4.78 is 15.6. The summed E-state index contributed by atoms with van der Waals surface area (Å²) in [6.45, 7) is 4.91.